The monoisotopic (exact) mass is 292 g/mol. The first kappa shape index (κ1) is 9.49. The second-order valence-electron chi connectivity index (χ2n) is 3.77. The molecule has 1 aliphatic carbocycles. The summed E-state index contributed by atoms with van der Waals surface area (Å²) in [5.74, 6) is 0.916. The summed E-state index contributed by atoms with van der Waals surface area (Å²) >= 11 is 2.30. The van der Waals surface area contributed by atoms with Crippen LogP contribution >= 0.6 is 22.6 Å². The van der Waals surface area contributed by atoms with Crippen molar-refractivity contribution in [2.75, 3.05) is 0 Å². The van der Waals surface area contributed by atoms with E-state index in [2.05, 4.69) is 22.6 Å². The van der Waals surface area contributed by atoms with Crippen molar-refractivity contribution < 1.29 is 9.53 Å². The molecule has 1 heterocycles. The van der Waals surface area contributed by atoms with Crippen molar-refractivity contribution in [2.24, 2.45) is 5.41 Å². The Kier molecular flexibility index (Phi) is 2.38. The number of ether oxygens (including phenoxy) is 1. The molecule has 0 radical (unpaired) electrons. The highest BCUT2D eigenvalue weighted by molar-refractivity contribution is 14.1. The molecule has 1 fully saturated rings. The van der Waals surface area contributed by atoms with E-state index in [0.717, 1.165) is 25.0 Å². The first-order chi connectivity index (χ1) is 6.20. The van der Waals surface area contributed by atoms with Crippen LogP contribution in [-0.4, -0.2) is 5.97 Å². The number of halogens is 1. The Hall–Kier alpha value is -0.0600. The highest BCUT2D eigenvalue weighted by atomic mass is 127. The molecule has 1 aliphatic heterocycles. The maximum Gasteiger partial charge on any atom is 0.322 e. The second-order valence-corrected chi connectivity index (χ2v) is 4.85. The number of cyclic esters (lactones) is 1. The third kappa shape index (κ3) is 1.23. The van der Waals surface area contributed by atoms with Gasteiger partial charge in [0.2, 0.25) is 0 Å². The zero-order valence-corrected chi connectivity index (χ0v) is 9.89. The number of carbonyl (C=O) groups excluding carboxylic acids is 1. The van der Waals surface area contributed by atoms with E-state index in [1.807, 2.05) is 6.92 Å². The van der Waals surface area contributed by atoms with Gasteiger partial charge in [0.1, 0.15) is 11.2 Å². The fourth-order valence-electron chi connectivity index (χ4n) is 2.24. The predicted octanol–water partition coefficient (Wildman–Crippen LogP) is 3.16. The molecule has 0 aromatic heterocycles. The van der Waals surface area contributed by atoms with Gasteiger partial charge in [-0.15, -0.1) is 0 Å². The molecule has 2 rings (SSSR count). The fraction of sp³-hybridized carbons (Fsp3) is 0.700. The van der Waals surface area contributed by atoms with Crippen LogP contribution in [-0.2, 0) is 9.53 Å². The minimum atomic E-state index is -0.216. The first-order valence-corrected chi connectivity index (χ1v) is 5.90. The Morgan fingerprint density at radius 1 is 1.46 bits per heavy atom. The molecular weight excluding hydrogens is 279 g/mol. The van der Waals surface area contributed by atoms with Gasteiger partial charge in [-0.25, -0.2) is 0 Å². The lowest BCUT2D eigenvalue weighted by Crippen LogP contribution is -2.24. The molecule has 0 bridgehead atoms. The zero-order chi connectivity index (χ0) is 9.47. The summed E-state index contributed by atoms with van der Waals surface area (Å²) < 4.78 is 6.47. The summed E-state index contributed by atoms with van der Waals surface area (Å²) in [5, 5.41) is 0. The van der Waals surface area contributed by atoms with Gasteiger partial charge in [-0.3, -0.25) is 4.79 Å². The number of esters is 1. The van der Waals surface area contributed by atoms with E-state index in [-0.39, 0.29) is 11.4 Å². The molecule has 0 N–H and O–H groups in total. The van der Waals surface area contributed by atoms with E-state index in [4.69, 9.17) is 4.74 Å². The predicted molar refractivity (Wildman–Crippen MR) is 58.3 cm³/mol. The summed E-state index contributed by atoms with van der Waals surface area (Å²) in [5.41, 5.74) is -0.216. The number of rotatable bonds is 1. The van der Waals surface area contributed by atoms with Crippen LogP contribution in [0.15, 0.2) is 9.34 Å². The molecule has 1 spiro atoms. The summed E-state index contributed by atoms with van der Waals surface area (Å²) in [4.78, 5) is 11.7. The van der Waals surface area contributed by atoms with Crippen molar-refractivity contribution in [3.8, 4) is 0 Å². The number of carbonyl (C=O) groups is 1. The molecule has 72 valence electrons. The summed E-state index contributed by atoms with van der Waals surface area (Å²) in [6, 6.07) is 0. The Morgan fingerprint density at radius 3 is 2.54 bits per heavy atom. The number of allylic oxidation sites excluding steroid dienone is 1. The van der Waals surface area contributed by atoms with Gasteiger partial charge in [0.05, 0.1) is 0 Å². The van der Waals surface area contributed by atoms with E-state index in [1.165, 1.54) is 16.4 Å². The number of hydrogen-bond acceptors (Lipinski definition) is 2. The Balaban J connectivity index is 2.37. The molecule has 0 amide bonds. The van der Waals surface area contributed by atoms with Crippen molar-refractivity contribution in [1.29, 1.82) is 0 Å². The maximum atomic E-state index is 11.7. The quantitative estimate of drug-likeness (QED) is 0.548. The lowest BCUT2D eigenvalue weighted by Gasteiger charge is -2.17. The van der Waals surface area contributed by atoms with Crippen molar-refractivity contribution in [2.45, 2.75) is 39.0 Å². The van der Waals surface area contributed by atoms with Gasteiger partial charge in [0.25, 0.3) is 0 Å². The van der Waals surface area contributed by atoms with Crippen molar-refractivity contribution in [1.82, 2.24) is 0 Å². The van der Waals surface area contributed by atoms with Gasteiger partial charge < -0.3 is 4.74 Å². The van der Waals surface area contributed by atoms with E-state index in [0.29, 0.717) is 0 Å². The third-order valence-electron chi connectivity index (χ3n) is 3.05. The van der Waals surface area contributed by atoms with E-state index in [1.54, 1.807) is 0 Å². The van der Waals surface area contributed by atoms with Gasteiger partial charge in [-0.05, 0) is 35.4 Å². The smallest absolute Gasteiger partial charge is 0.322 e. The van der Waals surface area contributed by atoms with Gasteiger partial charge in [-0.1, -0.05) is 19.8 Å². The molecule has 0 aromatic rings. The Morgan fingerprint density at radius 2 is 2.08 bits per heavy atom. The minimum absolute atomic E-state index is 0.00579. The fourth-order valence-corrected chi connectivity index (χ4v) is 3.49. The van der Waals surface area contributed by atoms with Crippen LogP contribution in [0.2, 0.25) is 0 Å². The van der Waals surface area contributed by atoms with Crippen LogP contribution in [0.3, 0.4) is 0 Å². The molecule has 0 unspecified atom stereocenters. The minimum Gasteiger partial charge on any atom is -0.430 e. The molecule has 2 nitrogen and oxygen atoms in total. The van der Waals surface area contributed by atoms with Crippen molar-refractivity contribution in [3.05, 3.63) is 9.34 Å². The van der Waals surface area contributed by atoms with E-state index in [9.17, 15) is 4.79 Å². The molecule has 0 saturated heterocycles. The summed E-state index contributed by atoms with van der Waals surface area (Å²) in [7, 11) is 0. The highest BCUT2D eigenvalue weighted by Gasteiger charge is 2.50. The Labute approximate surface area is 91.9 Å². The maximum absolute atomic E-state index is 11.7. The molecular formula is C10H13IO2. The molecule has 2 aliphatic rings. The van der Waals surface area contributed by atoms with E-state index >= 15 is 0 Å². The van der Waals surface area contributed by atoms with Crippen LogP contribution in [0.5, 0.6) is 0 Å². The lowest BCUT2D eigenvalue weighted by atomic mass is 9.87. The lowest BCUT2D eigenvalue weighted by molar-refractivity contribution is -0.145. The average Bonchev–Trinajstić information content (AvgIpc) is 2.69. The SMILES string of the molecule is CCC1=C(I)C2(CCCC2)C(=O)O1. The third-order valence-corrected chi connectivity index (χ3v) is 4.68. The molecule has 0 aromatic carbocycles. The van der Waals surface area contributed by atoms with Crippen LogP contribution in [0, 0.1) is 5.41 Å². The second kappa shape index (κ2) is 3.26. The highest BCUT2D eigenvalue weighted by Crippen LogP contribution is 2.53. The van der Waals surface area contributed by atoms with Crippen LogP contribution in [0.25, 0.3) is 0 Å². The zero-order valence-electron chi connectivity index (χ0n) is 7.73. The van der Waals surface area contributed by atoms with Crippen molar-refractivity contribution in [3.63, 3.8) is 0 Å². The molecule has 1 saturated carbocycles. The number of hydrogen-bond donors (Lipinski definition) is 0. The standard InChI is InChI=1S/C10H13IO2/c1-2-7-8(11)10(9(12)13-7)5-3-4-6-10/h2-6H2,1H3. The van der Waals surface area contributed by atoms with Crippen molar-refractivity contribution >= 4 is 28.6 Å². The van der Waals surface area contributed by atoms with Gasteiger partial charge in [0, 0.05) is 10.0 Å². The molecule has 13 heavy (non-hydrogen) atoms. The van der Waals surface area contributed by atoms with Gasteiger partial charge >= 0.3 is 5.97 Å². The van der Waals surface area contributed by atoms with E-state index < -0.39 is 0 Å². The first-order valence-electron chi connectivity index (χ1n) is 4.82. The average molecular weight is 292 g/mol. The van der Waals surface area contributed by atoms with Crippen LogP contribution in [0.4, 0.5) is 0 Å². The normalized spacial score (nSPS) is 25.8. The van der Waals surface area contributed by atoms with Crippen LogP contribution in [0.1, 0.15) is 39.0 Å². The molecule has 3 heteroatoms. The summed E-state index contributed by atoms with van der Waals surface area (Å²) in [6.07, 6.45) is 5.16. The summed E-state index contributed by atoms with van der Waals surface area (Å²) in [6.45, 7) is 2.04. The largest absolute Gasteiger partial charge is 0.430 e. The van der Waals surface area contributed by atoms with Gasteiger partial charge in [-0.2, -0.15) is 0 Å². The molecule has 0 atom stereocenters. The van der Waals surface area contributed by atoms with Gasteiger partial charge in [0.15, 0.2) is 0 Å². The van der Waals surface area contributed by atoms with Crippen LogP contribution < -0.4 is 0 Å². The Bertz CT molecular complexity index is 275. The topological polar surface area (TPSA) is 26.3 Å².